The van der Waals surface area contributed by atoms with Crippen LogP contribution in [0.2, 0.25) is 0 Å². The molecule has 1 heterocycles. The Kier molecular flexibility index (Phi) is 3.11. The van der Waals surface area contributed by atoms with Gasteiger partial charge in [-0.2, -0.15) is 0 Å². The number of ether oxygens (including phenoxy) is 1. The number of H-pyrrole nitrogens is 1. The van der Waals surface area contributed by atoms with Gasteiger partial charge in [-0.05, 0) is 35.9 Å². The highest BCUT2D eigenvalue weighted by atomic mass is 16.5. The van der Waals surface area contributed by atoms with Gasteiger partial charge in [-0.15, -0.1) is 0 Å². The molecule has 2 aromatic carbocycles. The summed E-state index contributed by atoms with van der Waals surface area (Å²) in [4.78, 5) is 3.28. The molecule has 0 saturated carbocycles. The Morgan fingerprint density at radius 3 is 2.63 bits per heavy atom. The SMILES string of the molecule is COc1ccc(NCc2c[nH]c3ccccc23)cc1. The molecule has 0 unspecified atom stereocenters. The Morgan fingerprint density at radius 2 is 1.84 bits per heavy atom. The third-order valence-corrected chi connectivity index (χ3v) is 3.25. The zero-order valence-electron chi connectivity index (χ0n) is 10.8. The first-order valence-electron chi connectivity index (χ1n) is 6.30. The van der Waals surface area contributed by atoms with Crippen LogP contribution in [0, 0.1) is 0 Å². The van der Waals surface area contributed by atoms with E-state index in [1.807, 2.05) is 30.3 Å². The van der Waals surface area contributed by atoms with E-state index >= 15 is 0 Å². The van der Waals surface area contributed by atoms with Gasteiger partial charge in [-0.3, -0.25) is 0 Å². The molecular weight excluding hydrogens is 236 g/mol. The number of fused-ring (bicyclic) bond motifs is 1. The topological polar surface area (TPSA) is 37.0 Å². The van der Waals surface area contributed by atoms with Crippen LogP contribution in [0.5, 0.6) is 5.75 Å². The van der Waals surface area contributed by atoms with Gasteiger partial charge in [-0.25, -0.2) is 0 Å². The minimum atomic E-state index is 0.802. The molecule has 0 aliphatic carbocycles. The Labute approximate surface area is 112 Å². The minimum Gasteiger partial charge on any atom is -0.497 e. The van der Waals surface area contributed by atoms with E-state index in [4.69, 9.17) is 4.74 Å². The standard InChI is InChI=1S/C16H16N2O/c1-19-14-8-6-13(7-9-14)17-10-12-11-18-16-5-3-2-4-15(12)16/h2-9,11,17-18H,10H2,1H3. The maximum atomic E-state index is 5.14. The van der Waals surface area contributed by atoms with Gasteiger partial charge in [0.25, 0.3) is 0 Å². The smallest absolute Gasteiger partial charge is 0.119 e. The molecule has 1 aromatic heterocycles. The van der Waals surface area contributed by atoms with Gasteiger partial charge in [0, 0.05) is 29.3 Å². The third kappa shape index (κ3) is 2.40. The van der Waals surface area contributed by atoms with Crippen molar-refractivity contribution in [3.05, 3.63) is 60.3 Å². The van der Waals surface area contributed by atoms with Crippen LogP contribution >= 0.6 is 0 Å². The van der Waals surface area contributed by atoms with Crippen molar-refractivity contribution in [2.75, 3.05) is 12.4 Å². The number of rotatable bonds is 4. The molecule has 0 spiro atoms. The molecule has 0 fully saturated rings. The van der Waals surface area contributed by atoms with Gasteiger partial charge in [0.2, 0.25) is 0 Å². The van der Waals surface area contributed by atoms with E-state index in [1.165, 1.54) is 16.5 Å². The molecule has 3 rings (SSSR count). The molecule has 3 aromatic rings. The van der Waals surface area contributed by atoms with Crippen LogP contribution in [-0.4, -0.2) is 12.1 Å². The van der Waals surface area contributed by atoms with E-state index in [0.717, 1.165) is 18.0 Å². The fourth-order valence-electron chi connectivity index (χ4n) is 2.18. The molecule has 96 valence electrons. The third-order valence-electron chi connectivity index (χ3n) is 3.25. The van der Waals surface area contributed by atoms with Crippen molar-refractivity contribution >= 4 is 16.6 Å². The molecule has 0 aliphatic heterocycles. The fraction of sp³-hybridized carbons (Fsp3) is 0.125. The summed E-state index contributed by atoms with van der Waals surface area (Å²) in [7, 11) is 1.67. The largest absolute Gasteiger partial charge is 0.497 e. The summed E-state index contributed by atoms with van der Waals surface area (Å²) in [5.41, 5.74) is 3.53. The molecule has 0 saturated heterocycles. The van der Waals surface area contributed by atoms with E-state index in [-0.39, 0.29) is 0 Å². The predicted octanol–water partition coefficient (Wildman–Crippen LogP) is 3.79. The number of aromatic nitrogens is 1. The number of nitrogens with one attached hydrogen (secondary N) is 2. The van der Waals surface area contributed by atoms with E-state index in [2.05, 4.69) is 34.7 Å². The van der Waals surface area contributed by atoms with Gasteiger partial charge < -0.3 is 15.0 Å². The molecule has 3 nitrogen and oxygen atoms in total. The van der Waals surface area contributed by atoms with Crippen molar-refractivity contribution in [3.63, 3.8) is 0 Å². The van der Waals surface area contributed by atoms with Crippen molar-refractivity contribution in [1.29, 1.82) is 0 Å². The van der Waals surface area contributed by atoms with Gasteiger partial charge in [-0.1, -0.05) is 18.2 Å². The monoisotopic (exact) mass is 252 g/mol. The number of benzene rings is 2. The lowest BCUT2D eigenvalue weighted by Gasteiger charge is -2.06. The van der Waals surface area contributed by atoms with Crippen LogP contribution in [0.15, 0.2) is 54.7 Å². The Balaban J connectivity index is 1.74. The Bertz CT molecular complexity index is 671. The van der Waals surface area contributed by atoms with Gasteiger partial charge in [0.05, 0.1) is 7.11 Å². The highest BCUT2D eigenvalue weighted by Crippen LogP contribution is 2.20. The van der Waals surface area contributed by atoms with Gasteiger partial charge in [0.1, 0.15) is 5.75 Å². The van der Waals surface area contributed by atoms with Crippen LogP contribution in [0.4, 0.5) is 5.69 Å². The fourth-order valence-corrected chi connectivity index (χ4v) is 2.18. The first kappa shape index (κ1) is 11.7. The molecule has 0 bridgehead atoms. The summed E-state index contributed by atoms with van der Waals surface area (Å²) in [6.45, 7) is 0.802. The number of aromatic amines is 1. The number of hydrogen-bond acceptors (Lipinski definition) is 2. The highest BCUT2D eigenvalue weighted by molar-refractivity contribution is 5.83. The number of hydrogen-bond donors (Lipinski definition) is 2. The molecule has 0 amide bonds. The van der Waals surface area contributed by atoms with Crippen molar-refractivity contribution in [2.24, 2.45) is 0 Å². The van der Waals surface area contributed by atoms with E-state index in [9.17, 15) is 0 Å². The van der Waals surface area contributed by atoms with Crippen LogP contribution in [0.3, 0.4) is 0 Å². The maximum Gasteiger partial charge on any atom is 0.119 e. The molecule has 2 N–H and O–H groups in total. The zero-order valence-corrected chi connectivity index (χ0v) is 10.8. The van der Waals surface area contributed by atoms with Gasteiger partial charge >= 0.3 is 0 Å². The minimum absolute atomic E-state index is 0.802. The molecule has 0 atom stereocenters. The first-order chi connectivity index (χ1) is 9.36. The highest BCUT2D eigenvalue weighted by Gasteiger charge is 2.02. The van der Waals surface area contributed by atoms with Crippen molar-refractivity contribution in [2.45, 2.75) is 6.54 Å². The average Bonchev–Trinajstić information content (AvgIpc) is 2.89. The molecule has 3 heteroatoms. The van der Waals surface area contributed by atoms with Crippen LogP contribution in [0.1, 0.15) is 5.56 Å². The summed E-state index contributed by atoms with van der Waals surface area (Å²) in [5, 5.41) is 4.68. The quantitative estimate of drug-likeness (QED) is 0.741. The summed E-state index contributed by atoms with van der Waals surface area (Å²) in [5.74, 6) is 0.873. The lowest BCUT2D eigenvalue weighted by atomic mass is 10.2. The summed E-state index contributed by atoms with van der Waals surface area (Å²) >= 11 is 0. The van der Waals surface area contributed by atoms with Crippen LogP contribution in [-0.2, 0) is 6.54 Å². The second-order valence-corrected chi connectivity index (χ2v) is 4.44. The van der Waals surface area contributed by atoms with E-state index < -0.39 is 0 Å². The van der Waals surface area contributed by atoms with E-state index in [1.54, 1.807) is 7.11 Å². The normalized spacial score (nSPS) is 10.6. The van der Waals surface area contributed by atoms with Crippen LogP contribution < -0.4 is 10.1 Å². The molecule has 0 aliphatic rings. The average molecular weight is 252 g/mol. The van der Waals surface area contributed by atoms with Crippen molar-refractivity contribution < 1.29 is 4.74 Å². The molecular formula is C16H16N2O. The number of anilines is 1. The van der Waals surface area contributed by atoms with Crippen LogP contribution in [0.25, 0.3) is 10.9 Å². The summed E-state index contributed by atoms with van der Waals surface area (Å²) in [6.07, 6.45) is 2.06. The Morgan fingerprint density at radius 1 is 1.05 bits per heavy atom. The predicted molar refractivity (Wildman–Crippen MR) is 78.6 cm³/mol. The summed E-state index contributed by atoms with van der Waals surface area (Å²) in [6, 6.07) is 16.3. The number of para-hydroxylation sites is 1. The zero-order chi connectivity index (χ0) is 13.1. The Hall–Kier alpha value is -2.42. The lowest BCUT2D eigenvalue weighted by Crippen LogP contribution is -1.98. The molecule has 0 radical (unpaired) electrons. The number of methoxy groups -OCH3 is 1. The molecule has 19 heavy (non-hydrogen) atoms. The maximum absolute atomic E-state index is 5.14. The first-order valence-corrected chi connectivity index (χ1v) is 6.30. The summed E-state index contributed by atoms with van der Waals surface area (Å²) < 4.78 is 5.14. The van der Waals surface area contributed by atoms with E-state index in [0.29, 0.717) is 0 Å². The second-order valence-electron chi connectivity index (χ2n) is 4.44. The van der Waals surface area contributed by atoms with Gasteiger partial charge in [0.15, 0.2) is 0 Å². The lowest BCUT2D eigenvalue weighted by molar-refractivity contribution is 0.415. The van der Waals surface area contributed by atoms with Crippen molar-refractivity contribution in [1.82, 2.24) is 4.98 Å². The van der Waals surface area contributed by atoms with Crippen molar-refractivity contribution in [3.8, 4) is 5.75 Å². The second kappa shape index (κ2) is 5.06.